The van der Waals surface area contributed by atoms with E-state index in [0.717, 1.165) is 49.6 Å². The van der Waals surface area contributed by atoms with Gasteiger partial charge in [-0.25, -0.2) is 4.99 Å². The Balaban J connectivity index is 2.49. The van der Waals surface area contributed by atoms with E-state index in [1.165, 1.54) is 12.7 Å². The van der Waals surface area contributed by atoms with Gasteiger partial charge in [-0.05, 0) is 45.2 Å². The molecule has 0 radical (unpaired) electrons. The lowest BCUT2D eigenvalue weighted by molar-refractivity contribution is -0.140. The van der Waals surface area contributed by atoms with Crippen molar-refractivity contribution in [2.45, 2.75) is 53.0 Å². The van der Waals surface area contributed by atoms with Crippen LogP contribution < -0.4 is 15.4 Å². The Kier molecular flexibility index (Phi) is 10.9. The van der Waals surface area contributed by atoms with Crippen LogP contribution in [0.25, 0.3) is 0 Å². The minimum absolute atomic E-state index is 0.143. The van der Waals surface area contributed by atoms with Crippen LogP contribution in [0.1, 0.15) is 50.7 Å². The van der Waals surface area contributed by atoms with Gasteiger partial charge in [-0.1, -0.05) is 18.6 Å². The number of unbranched alkanes of at least 4 members (excludes halogenated alkanes) is 2. The molecule has 0 atom stereocenters. The van der Waals surface area contributed by atoms with E-state index < -0.39 is 0 Å². The molecule has 0 saturated heterocycles. The van der Waals surface area contributed by atoms with E-state index in [1.807, 2.05) is 13.8 Å². The second kappa shape index (κ2) is 13.0. The first kappa shape index (κ1) is 21.8. The van der Waals surface area contributed by atoms with Crippen LogP contribution in [-0.2, 0) is 16.1 Å². The maximum atomic E-state index is 11.1. The molecule has 0 bridgehead atoms. The SMILES string of the molecule is CCNC(=NCc1ccc(C)cc1OCC)NCCCCCC(=O)OC. The van der Waals surface area contributed by atoms with Crippen molar-refractivity contribution in [1.82, 2.24) is 10.6 Å². The molecule has 0 aliphatic rings. The fraction of sp³-hybridized carbons (Fsp3) is 0.600. The number of aliphatic imine (C=N–C) groups is 1. The number of carbonyl (C=O) groups excluding carboxylic acids is 1. The van der Waals surface area contributed by atoms with E-state index in [9.17, 15) is 4.79 Å². The van der Waals surface area contributed by atoms with Gasteiger partial charge in [-0.2, -0.15) is 0 Å². The largest absolute Gasteiger partial charge is 0.494 e. The van der Waals surface area contributed by atoms with Gasteiger partial charge < -0.3 is 20.1 Å². The number of rotatable bonds is 11. The van der Waals surface area contributed by atoms with Gasteiger partial charge >= 0.3 is 5.97 Å². The van der Waals surface area contributed by atoms with Gasteiger partial charge in [-0.15, -0.1) is 0 Å². The number of nitrogens with zero attached hydrogens (tertiary/aromatic N) is 1. The molecular weight excluding hydrogens is 330 g/mol. The Morgan fingerprint density at radius 3 is 2.65 bits per heavy atom. The van der Waals surface area contributed by atoms with Gasteiger partial charge in [0.15, 0.2) is 5.96 Å². The maximum absolute atomic E-state index is 11.1. The third-order valence-corrected chi connectivity index (χ3v) is 3.85. The van der Waals surface area contributed by atoms with E-state index in [-0.39, 0.29) is 5.97 Å². The van der Waals surface area contributed by atoms with Crippen LogP contribution in [0.2, 0.25) is 0 Å². The van der Waals surface area contributed by atoms with Crippen LogP contribution in [0.4, 0.5) is 0 Å². The second-order valence-electron chi connectivity index (χ2n) is 6.05. The fourth-order valence-electron chi connectivity index (χ4n) is 2.47. The van der Waals surface area contributed by atoms with E-state index in [2.05, 4.69) is 45.5 Å². The van der Waals surface area contributed by atoms with Gasteiger partial charge in [0.1, 0.15) is 5.75 Å². The number of ether oxygens (including phenoxy) is 2. The average molecular weight is 364 g/mol. The van der Waals surface area contributed by atoms with Gasteiger partial charge in [0.25, 0.3) is 0 Å². The standard InChI is InChI=1S/C20H33N3O3/c1-5-21-20(22-13-9-7-8-10-19(24)25-4)23-15-17-12-11-16(3)14-18(17)26-6-2/h11-12,14H,5-10,13,15H2,1-4H3,(H2,21,22,23). The minimum Gasteiger partial charge on any atom is -0.494 e. The number of hydrogen-bond donors (Lipinski definition) is 2. The van der Waals surface area contributed by atoms with Crippen molar-refractivity contribution in [2.75, 3.05) is 26.8 Å². The topological polar surface area (TPSA) is 72.0 Å². The summed E-state index contributed by atoms with van der Waals surface area (Å²) in [5, 5.41) is 6.60. The first-order chi connectivity index (χ1) is 12.6. The maximum Gasteiger partial charge on any atom is 0.305 e. The molecular formula is C20H33N3O3. The van der Waals surface area contributed by atoms with Crippen molar-refractivity contribution in [3.63, 3.8) is 0 Å². The molecule has 0 aliphatic carbocycles. The summed E-state index contributed by atoms with van der Waals surface area (Å²) in [6.07, 6.45) is 3.30. The molecule has 146 valence electrons. The van der Waals surface area contributed by atoms with Crippen molar-refractivity contribution in [2.24, 2.45) is 4.99 Å². The second-order valence-corrected chi connectivity index (χ2v) is 6.05. The summed E-state index contributed by atoms with van der Waals surface area (Å²) in [6.45, 7) is 8.92. The molecule has 26 heavy (non-hydrogen) atoms. The third-order valence-electron chi connectivity index (χ3n) is 3.85. The summed E-state index contributed by atoms with van der Waals surface area (Å²) in [7, 11) is 1.42. The van der Waals surface area contributed by atoms with E-state index in [0.29, 0.717) is 19.6 Å². The van der Waals surface area contributed by atoms with Gasteiger partial charge in [0.05, 0.1) is 20.3 Å². The molecule has 0 aromatic heterocycles. The molecule has 0 amide bonds. The zero-order valence-electron chi connectivity index (χ0n) is 16.6. The van der Waals surface area contributed by atoms with Crippen LogP contribution in [0.3, 0.4) is 0 Å². The Morgan fingerprint density at radius 1 is 1.15 bits per heavy atom. The third kappa shape index (κ3) is 8.74. The molecule has 1 aromatic rings. The number of esters is 1. The Morgan fingerprint density at radius 2 is 1.96 bits per heavy atom. The number of carbonyl (C=O) groups is 1. The molecule has 0 unspecified atom stereocenters. The molecule has 0 heterocycles. The van der Waals surface area contributed by atoms with Crippen molar-refractivity contribution in [1.29, 1.82) is 0 Å². The molecule has 0 saturated carbocycles. The number of hydrogen-bond acceptors (Lipinski definition) is 4. The van der Waals surface area contributed by atoms with Crippen LogP contribution in [-0.4, -0.2) is 38.7 Å². The summed E-state index contributed by atoms with van der Waals surface area (Å²) >= 11 is 0. The van der Waals surface area contributed by atoms with E-state index in [1.54, 1.807) is 0 Å². The highest BCUT2D eigenvalue weighted by Crippen LogP contribution is 2.21. The quantitative estimate of drug-likeness (QED) is 0.273. The molecule has 0 spiro atoms. The number of nitrogens with one attached hydrogen (secondary N) is 2. The zero-order valence-corrected chi connectivity index (χ0v) is 16.6. The lowest BCUT2D eigenvalue weighted by Crippen LogP contribution is -2.37. The Bertz CT molecular complexity index is 573. The first-order valence-electron chi connectivity index (χ1n) is 9.42. The van der Waals surface area contributed by atoms with Crippen molar-refractivity contribution >= 4 is 11.9 Å². The number of guanidine groups is 1. The summed E-state index contributed by atoms with van der Waals surface area (Å²) in [5.41, 5.74) is 2.26. The molecule has 6 nitrogen and oxygen atoms in total. The smallest absolute Gasteiger partial charge is 0.305 e. The van der Waals surface area contributed by atoms with Crippen molar-refractivity contribution in [3.05, 3.63) is 29.3 Å². The molecule has 1 rings (SSSR count). The highest BCUT2D eigenvalue weighted by atomic mass is 16.5. The van der Waals surface area contributed by atoms with E-state index in [4.69, 9.17) is 4.74 Å². The van der Waals surface area contributed by atoms with Gasteiger partial charge in [0.2, 0.25) is 0 Å². The lowest BCUT2D eigenvalue weighted by Gasteiger charge is -2.13. The molecule has 0 aliphatic heterocycles. The van der Waals surface area contributed by atoms with Crippen LogP contribution in [0.5, 0.6) is 5.75 Å². The molecule has 0 fully saturated rings. The number of benzene rings is 1. The predicted octanol–water partition coefficient (Wildman–Crippen LogP) is 3.18. The Hall–Kier alpha value is -2.24. The van der Waals surface area contributed by atoms with Crippen molar-refractivity contribution in [3.8, 4) is 5.75 Å². The van der Waals surface area contributed by atoms with Crippen LogP contribution in [0, 0.1) is 6.92 Å². The summed E-state index contributed by atoms with van der Waals surface area (Å²) in [6, 6.07) is 6.20. The summed E-state index contributed by atoms with van der Waals surface area (Å²) in [4.78, 5) is 15.7. The number of aryl methyl sites for hydroxylation is 1. The number of methoxy groups -OCH3 is 1. The first-order valence-corrected chi connectivity index (χ1v) is 9.42. The molecule has 1 aromatic carbocycles. The van der Waals surface area contributed by atoms with E-state index >= 15 is 0 Å². The normalized spacial score (nSPS) is 11.2. The zero-order chi connectivity index (χ0) is 19.2. The fourth-order valence-corrected chi connectivity index (χ4v) is 2.47. The van der Waals surface area contributed by atoms with Gasteiger partial charge in [0, 0.05) is 25.1 Å². The summed E-state index contributed by atoms with van der Waals surface area (Å²) in [5.74, 6) is 1.55. The monoisotopic (exact) mass is 363 g/mol. The average Bonchev–Trinajstić information content (AvgIpc) is 2.63. The van der Waals surface area contributed by atoms with Crippen molar-refractivity contribution < 1.29 is 14.3 Å². The summed E-state index contributed by atoms with van der Waals surface area (Å²) < 4.78 is 10.4. The lowest BCUT2D eigenvalue weighted by atomic mass is 10.1. The highest BCUT2D eigenvalue weighted by molar-refractivity contribution is 5.79. The molecule has 2 N–H and O–H groups in total. The minimum atomic E-state index is -0.143. The van der Waals surface area contributed by atoms with Gasteiger partial charge in [-0.3, -0.25) is 4.79 Å². The Labute approximate surface area is 157 Å². The molecule has 6 heteroatoms. The van der Waals surface area contributed by atoms with Crippen LogP contribution >= 0.6 is 0 Å². The highest BCUT2D eigenvalue weighted by Gasteiger charge is 2.05. The predicted molar refractivity (Wildman–Crippen MR) is 106 cm³/mol. The van der Waals surface area contributed by atoms with Crippen LogP contribution in [0.15, 0.2) is 23.2 Å².